The molecule has 0 saturated heterocycles. The molecule has 0 spiro atoms. The van der Waals surface area contributed by atoms with Crippen molar-refractivity contribution in [2.75, 3.05) is 13.2 Å². The van der Waals surface area contributed by atoms with Crippen molar-refractivity contribution in [3.63, 3.8) is 0 Å². The normalized spacial score (nSPS) is 20.1. The Hall–Kier alpha value is -1.51. The molecule has 0 bridgehead atoms. The van der Waals surface area contributed by atoms with Gasteiger partial charge in [-0.05, 0) is 25.0 Å². The predicted octanol–water partition coefficient (Wildman–Crippen LogP) is 3.61. The minimum Gasteiger partial charge on any atom is -0.490 e. The number of hydrogen-bond acceptors (Lipinski definition) is 4. The predicted molar refractivity (Wildman–Crippen MR) is 75.3 cm³/mol. The fourth-order valence-corrected chi connectivity index (χ4v) is 3.44. The van der Waals surface area contributed by atoms with E-state index < -0.39 is 5.54 Å². The van der Waals surface area contributed by atoms with Gasteiger partial charge in [0, 0.05) is 12.0 Å². The molecule has 0 unspecified atom stereocenters. The van der Waals surface area contributed by atoms with E-state index in [1.54, 1.807) is 12.1 Å². The van der Waals surface area contributed by atoms with E-state index in [0.717, 1.165) is 37.7 Å². The number of rotatable bonds is 2. The average Bonchev–Trinajstić information content (AvgIpc) is 2.77. The summed E-state index contributed by atoms with van der Waals surface area (Å²) in [5, 5.41) is 0.579. The summed E-state index contributed by atoms with van der Waals surface area (Å²) in [5.74, 6) is 1.34. The Morgan fingerprint density at radius 1 is 1.15 bits per heavy atom. The van der Waals surface area contributed by atoms with Crippen molar-refractivity contribution in [2.45, 2.75) is 37.6 Å². The maximum absolute atomic E-state index is 10.9. The van der Waals surface area contributed by atoms with E-state index in [-0.39, 0.29) is 0 Å². The SMILES string of the molecule is O=C=NC1(c2c(Cl)ccc3c2OCCCO3)CCCC1. The van der Waals surface area contributed by atoms with Crippen molar-refractivity contribution in [3.8, 4) is 11.5 Å². The number of hydrogen-bond donors (Lipinski definition) is 0. The Morgan fingerprint density at radius 2 is 1.90 bits per heavy atom. The van der Waals surface area contributed by atoms with Crippen LogP contribution in [0.1, 0.15) is 37.7 Å². The molecule has 1 aromatic carbocycles. The number of carbonyl (C=O) groups excluding carboxylic acids is 1. The topological polar surface area (TPSA) is 47.9 Å². The van der Waals surface area contributed by atoms with E-state index in [1.165, 1.54) is 0 Å². The van der Waals surface area contributed by atoms with Crippen molar-refractivity contribution in [1.82, 2.24) is 0 Å². The van der Waals surface area contributed by atoms with Crippen LogP contribution >= 0.6 is 11.6 Å². The Bertz CT molecular complexity index is 560. The number of benzene rings is 1. The molecule has 1 saturated carbocycles. The van der Waals surface area contributed by atoms with E-state index in [2.05, 4.69) is 4.99 Å². The standard InChI is InChI=1S/C15H16ClNO3/c16-11-4-5-12-14(20-9-3-8-19-12)13(11)15(17-10-18)6-1-2-7-15/h4-5H,1-3,6-9H2. The fraction of sp³-hybridized carbons (Fsp3) is 0.533. The monoisotopic (exact) mass is 293 g/mol. The van der Waals surface area contributed by atoms with Crippen LogP contribution in [-0.4, -0.2) is 19.3 Å². The zero-order valence-electron chi connectivity index (χ0n) is 11.2. The van der Waals surface area contributed by atoms with Gasteiger partial charge in [-0.3, -0.25) is 0 Å². The molecule has 0 radical (unpaired) electrons. The molecular formula is C15H16ClNO3. The van der Waals surface area contributed by atoms with Crippen molar-refractivity contribution < 1.29 is 14.3 Å². The highest BCUT2D eigenvalue weighted by Gasteiger charge is 2.41. The molecule has 1 heterocycles. The van der Waals surface area contributed by atoms with Gasteiger partial charge in [-0.25, -0.2) is 4.79 Å². The van der Waals surface area contributed by atoms with E-state index in [0.29, 0.717) is 29.7 Å². The van der Waals surface area contributed by atoms with Gasteiger partial charge in [-0.2, -0.15) is 4.99 Å². The van der Waals surface area contributed by atoms with Crippen LogP contribution in [0.15, 0.2) is 17.1 Å². The molecule has 0 aromatic heterocycles. The lowest BCUT2D eigenvalue weighted by Crippen LogP contribution is -2.21. The smallest absolute Gasteiger partial charge is 0.235 e. The van der Waals surface area contributed by atoms with Gasteiger partial charge in [0.15, 0.2) is 11.5 Å². The Labute approximate surface area is 122 Å². The Balaban J connectivity index is 2.18. The van der Waals surface area contributed by atoms with E-state index in [1.807, 2.05) is 6.07 Å². The highest BCUT2D eigenvalue weighted by Crippen LogP contribution is 2.51. The third kappa shape index (κ3) is 2.19. The van der Waals surface area contributed by atoms with Gasteiger partial charge >= 0.3 is 0 Å². The Morgan fingerprint density at radius 3 is 2.65 bits per heavy atom. The molecule has 1 aromatic rings. The third-order valence-corrected chi connectivity index (χ3v) is 4.33. The summed E-state index contributed by atoms with van der Waals surface area (Å²) in [6.45, 7) is 1.21. The minimum atomic E-state index is -0.599. The molecule has 2 aliphatic rings. The molecule has 5 heteroatoms. The molecule has 106 valence electrons. The molecule has 1 aliphatic heterocycles. The molecule has 4 nitrogen and oxygen atoms in total. The highest BCUT2D eigenvalue weighted by molar-refractivity contribution is 6.31. The van der Waals surface area contributed by atoms with Gasteiger partial charge in [0.25, 0.3) is 0 Å². The Kier molecular flexibility index (Phi) is 3.68. The largest absolute Gasteiger partial charge is 0.490 e. The van der Waals surface area contributed by atoms with Crippen LogP contribution in [0.4, 0.5) is 0 Å². The number of fused-ring (bicyclic) bond motifs is 1. The second-order valence-corrected chi connectivity index (χ2v) is 5.65. The van der Waals surface area contributed by atoms with Crippen LogP contribution in [0.25, 0.3) is 0 Å². The van der Waals surface area contributed by atoms with E-state index in [9.17, 15) is 4.79 Å². The first-order chi connectivity index (χ1) is 9.77. The van der Waals surface area contributed by atoms with E-state index >= 15 is 0 Å². The summed E-state index contributed by atoms with van der Waals surface area (Å²) in [6.07, 6.45) is 6.17. The zero-order chi connectivity index (χ0) is 14.0. The average molecular weight is 294 g/mol. The van der Waals surface area contributed by atoms with Crippen LogP contribution in [0.5, 0.6) is 11.5 Å². The van der Waals surface area contributed by atoms with Gasteiger partial charge in [0.1, 0.15) is 5.54 Å². The van der Waals surface area contributed by atoms with Crippen molar-refractivity contribution in [2.24, 2.45) is 4.99 Å². The molecule has 0 N–H and O–H groups in total. The number of isocyanates is 1. The summed E-state index contributed by atoms with van der Waals surface area (Å²) in [7, 11) is 0. The maximum Gasteiger partial charge on any atom is 0.235 e. The van der Waals surface area contributed by atoms with Crippen LogP contribution in [0, 0.1) is 0 Å². The van der Waals surface area contributed by atoms with Crippen LogP contribution in [0.2, 0.25) is 5.02 Å². The fourth-order valence-electron chi connectivity index (χ4n) is 3.11. The number of nitrogens with zero attached hydrogens (tertiary/aromatic N) is 1. The summed E-state index contributed by atoms with van der Waals surface area (Å²) in [5.41, 5.74) is 0.192. The lowest BCUT2D eigenvalue weighted by Gasteiger charge is -2.27. The molecule has 1 fully saturated rings. The van der Waals surface area contributed by atoms with Gasteiger partial charge in [-0.15, -0.1) is 0 Å². The summed E-state index contributed by atoms with van der Waals surface area (Å²) in [6, 6.07) is 3.62. The molecular weight excluding hydrogens is 278 g/mol. The molecule has 0 atom stereocenters. The van der Waals surface area contributed by atoms with Crippen LogP contribution in [-0.2, 0) is 10.3 Å². The summed E-state index contributed by atoms with van der Waals surface area (Å²) >= 11 is 6.39. The van der Waals surface area contributed by atoms with E-state index in [4.69, 9.17) is 21.1 Å². The van der Waals surface area contributed by atoms with Crippen molar-refractivity contribution >= 4 is 17.7 Å². The lowest BCUT2D eigenvalue weighted by molar-refractivity contribution is 0.293. The quantitative estimate of drug-likeness (QED) is 0.618. The number of aliphatic imine (C=N–C) groups is 1. The van der Waals surface area contributed by atoms with Gasteiger partial charge in [0.05, 0.1) is 18.2 Å². The molecule has 1 aliphatic carbocycles. The second kappa shape index (κ2) is 5.47. The zero-order valence-corrected chi connectivity index (χ0v) is 11.9. The second-order valence-electron chi connectivity index (χ2n) is 5.24. The van der Waals surface area contributed by atoms with Gasteiger partial charge < -0.3 is 9.47 Å². The number of halogens is 1. The highest BCUT2D eigenvalue weighted by atomic mass is 35.5. The third-order valence-electron chi connectivity index (χ3n) is 4.02. The molecule has 0 amide bonds. The van der Waals surface area contributed by atoms with Gasteiger partial charge in [0.2, 0.25) is 6.08 Å². The first kappa shape index (κ1) is 13.5. The summed E-state index contributed by atoms with van der Waals surface area (Å²) < 4.78 is 11.5. The minimum absolute atomic E-state index is 0.579. The van der Waals surface area contributed by atoms with Gasteiger partial charge in [-0.1, -0.05) is 24.4 Å². The molecule has 20 heavy (non-hydrogen) atoms. The number of ether oxygens (including phenoxy) is 2. The molecule has 3 rings (SSSR count). The van der Waals surface area contributed by atoms with Crippen molar-refractivity contribution in [1.29, 1.82) is 0 Å². The summed E-state index contributed by atoms with van der Waals surface area (Å²) in [4.78, 5) is 15.0. The lowest BCUT2D eigenvalue weighted by atomic mass is 9.87. The van der Waals surface area contributed by atoms with Crippen LogP contribution < -0.4 is 9.47 Å². The van der Waals surface area contributed by atoms with Crippen molar-refractivity contribution in [3.05, 3.63) is 22.7 Å². The first-order valence-electron chi connectivity index (χ1n) is 6.94. The maximum atomic E-state index is 10.9. The first-order valence-corrected chi connectivity index (χ1v) is 7.32. The van der Waals surface area contributed by atoms with Crippen LogP contribution in [0.3, 0.4) is 0 Å².